The summed E-state index contributed by atoms with van der Waals surface area (Å²) in [6.07, 6.45) is 10.2. The maximum atomic E-state index is 13.4. The number of aromatic amines is 1. The highest BCUT2D eigenvalue weighted by Crippen LogP contribution is 2.51. The van der Waals surface area contributed by atoms with Gasteiger partial charge >= 0.3 is 0 Å². The summed E-state index contributed by atoms with van der Waals surface area (Å²) in [4.78, 5) is 12.7. The van der Waals surface area contributed by atoms with Crippen LogP contribution in [0.1, 0.15) is 61.6 Å². The second-order valence-corrected chi connectivity index (χ2v) is 13.1. The first-order chi connectivity index (χ1) is 20.0. The molecule has 5 aromatic rings. The molecule has 208 valence electrons. The van der Waals surface area contributed by atoms with E-state index in [9.17, 15) is 8.42 Å². The summed E-state index contributed by atoms with van der Waals surface area (Å²) in [5.41, 5.74) is 13.4. The molecule has 12 heteroatoms. The summed E-state index contributed by atoms with van der Waals surface area (Å²) >= 11 is 0. The van der Waals surface area contributed by atoms with E-state index in [0.29, 0.717) is 30.2 Å². The molecule has 3 atom stereocenters. The van der Waals surface area contributed by atoms with Gasteiger partial charge in [0.2, 0.25) is 0 Å². The average molecular weight is 568 g/mol. The van der Waals surface area contributed by atoms with Crippen LogP contribution in [0.15, 0.2) is 66.3 Å². The van der Waals surface area contributed by atoms with Crippen molar-refractivity contribution in [2.24, 2.45) is 0 Å². The molecule has 6 heterocycles. The van der Waals surface area contributed by atoms with Crippen LogP contribution in [0.5, 0.6) is 0 Å². The predicted molar refractivity (Wildman–Crippen MR) is 152 cm³/mol. The summed E-state index contributed by atoms with van der Waals surface area (Å²) < 4.78 is 30.2. The molecule has 11 nitrogen and oxygen atoms in total. The molecule has 2 bridgehead atoms. The minimum absolute atomic E-state index is 0.0916. The van der Waals surface area contributed by atoms with Gasteiger partial charge in [-0.2, -0.15) is 13.9 Å². The second kappa shape index (κ2) is 9.18. The van der Waals surface area contributed by atoms with Gasteiger partial charge in [0.15, 0.2) is 5.65 Å². The molecule has 0 spiro atoms. The van der Waals surface area contributed by atoms with Gasteiger partial charge in [0.25, 0.3) is 15.2 Å². The van der Waals surface area contributed by atoms with Gasteiger partial charge in [0, 0.05) is 46.5 Å². The van der Waals surface area contributed by atoms with Crippen LogP contribution in [0.4, 0.5) is 5.82 Å². The normalized spacial score (nSPS) is 22.9. The Bertz CT molecular complexity index is 1840. The Labute approximate surface area is 236 Å². The Morgan fingerprint density at radius 1 is 0.902 bits per heavy atom. The molecule has 2 saturated heterocycles. The number of hydrogen-bond donors (Lipinski definition) is 2. The molecule has 3 N–H and O–H groups in total. The number of fused-ring (bicyclic) bond motifs is 3. The zero-order valence-corrected chi connectivity index (χ0v) is 23.1. The van der Waals surface area contributed by atoms with E-state index in [4.69, 9.17) is 15.7 Å². The van der Waals surface area contributed by atoms with Crippen LogP contribution in [0.3, 0.4) is 0 Å². The fourth-order valence-corrected chi connectivity index (χ4v) is 8.57. The van der Waals surface area contributed by atoms with Crippen LogP contribution in [0.2, 0.25) is 0 Å². The van der Waals surface area contributed by atoms with Crippen LogP contribution in [-0.4, -0.2) is 59.6 Å². The number of nitrogens with two attached hydrogens (primary N) is 1. The standard InChI is InChI=1S/C29H29N9O2S/c30-27-25(18-6-7-18)26(20-12-21-9-10-22(13-20)38(21)41(39,40)29-32-16-33-36-29)35-28-23(15-34-37(27)28)19-8-11-24(31-14-19)17-4-2-1-3-5-17/h1-5,8,11,14-16,18,20-22H,6-7,9-10,12-13,30H2,(H,32,33,36)/t20-,21+,22-. The second-order valence-electron chi connectivity index (χ2n) is 11.3. The maximum absolute atomic E-state index is 13.4. The summed E-state index contributed by atoms with van der Waals surface area (Å²) in [5.74, 6) is 1.12. The van der Waals surface area contributed by atoms with E-state index in [2.05, 4.69) is 20.3 Å². The zero-order valence-electron chi connectivity index (χ0n) is 22.3. The minimum atomic E-state index is -3.74. The predicted octanol–water partition coefficient (Wildman–Crippen LogP) is 4.14. The molecule has 0 amide bonds. The van der Waals surface area contributed by atoms with Crippen molar-refractivity contribution in [3.8, 4) is 22.4 Å². The van der Waals surface area contributed by atoms with E-state index < -0.39 is 10.0 Å². The number of piperidine rings is 1. The third-order valence-electron chi connectivity index (χ3n) is 8.85. The fraction of sp³-hybridized carbons (Fsp3) is 0.345. The monoisotopic (exact) mass is 567 g/mol. The Balaban J connectivity index is 1.17. The molecule has 1 saturated carbocycles. The number of benzene rings is 1. The number of nitrogen functional groups attached to an aromatic ring is 1. The number of nitrogens with one attached hydrogen (secondary N) is 1. The van der Waals surface area contributed by atoms with Gasteiger partial charge in [-0.25, -0.2) is 13.4 Å². The van der Waals surface area contributed by atoms with Crippen LogP contribution in [0, 0.1) is 0 Å². The van der Waals surface area contributed by atoms with Gasteiger partial charge in [-0.15, -0.1) is 10.2 Å². The van der Waals surface area contributed by atoms with Crippen molar-refractivity contribution in [3.63, 3.8) is 0 Å². The van der Waals surface area contributed by atoms with Gasteiger partial charge in [0.1, 0.15) is 12.1 Å². The Morgan fingerprint density at radius 2 is 1.68 bits per heavy atom. The molecule has 2 aliphatic heterocycles. The van der Waals surface area contributed by atoms with Crippen molar-refractivity contribution < 1.29 is 8.42 Å². The number of nitrogens with zero attached hydrogens (tertiary/aromatic N) is 7. The van der Waals surface area contributed by atoms with Gasteiger partial charge in [-0.3, -0.25) is 4.98 Å². The van der Waals surface area contributed by atoms with E-state index in [1.54, 1.807) is 8.82 Å². The van der Waals surface area contributed by atoms with Crippen molar-refractivity contribution in [1.82, 2.24) is 39.1 Å². The minimum Gasteiger partial charge on any atom is -0.383 e. The third-order valence-corrected chi connectivity index (χ3v) is 10.7. The molecular weight excluding hydrogens is 538 g/mol. The number of H-pyrrole nitrogens is 1. The lowest BCUT2D eigenvalue weighted by molar-refractivity contribution is 0.222. The number of hydrogen-bond acceptors (Lipinski definition) is 8. The van der Waals surface area contributed by atoms with Crippen molar-refractivity contribution in [2.75, 3.05) is 5.73 Å². The molecule has 3 fully saturated rings. The Kier molecular flexibility index (Phi) is 5.51. The summed E-state index contributed by atoms with van der Waals surface area (Å²) in [5, 5.41) is 12.1. The van der Waals surface area contributed by atoms with Crippen LogP contribution in [0.25, 0.3) is 28.0 Å². The maximum Gasteiger partial charge on any atom is 0.279 e. The quantitative estimate of drug-likeness (QED) is 0.311. The summed E-state index contributed by atoms with van der Waals surface area (Å²) in [6, 6.07) is 13.9. The van der Waals surface area contributed by atoms with Crippen molar-refractivity contribution in [1.29, 1.82) is 0 Å². The molecule has 8 rings (SSSR count). The number of aromatic nitrogens is 7. The van der Waals surface area contributed by atoms with E-state index in [0.717, 1.165) is 59.3 Å². The smallest absolute Gasteiger partial charge is 0.279 e. The third kappa shape index (κ3) is 3.96. The van der Waals surface area contributed by atoms with Crippen molar-refractivity contribution >= 4 is 21.5 Å². The lowest BCUT2D eigenvalue weighted by atomic mass is 9.86. The van der Waals surface area contributed by atoms with Gasteiger partial charge in [0.05, 0.1) is 17.6 Å². The molecular formula is C29H29N9O2S. The molecule has 41 heavy (non-hydrogen) atoms. The molecule has 0 unspecified atom stereocenters. The first-order valence-electron chi connectivity index (χ1n) is 14.1. The molecule has 3 aliphatic rings. The molecule has 4 aromatic heterocycles. The lowest BCUT2D eigenvalue weighted by Crippen LogP contribution is -2.46. The number of pyridine rings is 1. The largest absolute Gasteiger partial charge is 0.383 e. The van der Waals surface area contributed by atoms with Crippen LogP contribution >= 0.6 is 0 Å². The van der Waals surface area contributed by atoms with Crippen molar-refractivity contribution in [3.05, 3.63) is 72.4 Å². The van der Waals surface area contributed by atoms with Gasteiger partial charge < -0.3 is 10.7 Å². The SMILES string of the molecule is Nc1c(C2CC2)c([C@H]2C[C@H]3CC[C@@H](C2)N3S(=O)(=O)c2nnc[nH]2)nc2c(-c3ccc(-c4ccccc4)nc3)cnn12. The lowest BCUT2D eigenvalue weighted by Gasteiger charge is -2.37. The Hall–Kier alpha value is -4.16. The van der Waals surface area contributed by atoms with Crippen LogP contribution in [-0.2, 0) is 10.0 Å². The number of rotatable bonds is 6. The van der Waals surface area contributed by atoms with Crippen molar-refractivity contribution in [2.45, 2.75) is 67.6 Å². The highest BCUT2D eigenvalue weighted by atomic mass is 32.2. The van der Waals surface area contributed by atoms with E-state index in [1.807, 2.05) is 54.9 Å². The molecule has 1 aromatic carbocycles. The van der Waals surface area contributed by atoms with Gasteiger partial charge in [-0.1, -0.05) is 36.4 Å². The average Bonchev–Trinajstić information content (AvgIpc) is 3.37. The summed E-state index contributed by atoms with van der Waals surface area (Å²) in [6.45, 7) is 0. The Morgan fingerprint density at radius 3 is 2.34 bits per heavy atom. The topological polar surface area (TPSA) is 148 Å². The number of anilines is 1. The highest BCUT2D eigenvalue weighted by molar-refractivity contribution is 7.89. The molecule has 0 radical (unpaired) electrons. The zero-order chi connectivity index (χ0) is 27.7. The van der Waals surface area contributed by atoms with E-state index >= 15 is 0 Å². The van der Waals surface area contributed by atoms with Crippen LogP contribution < -0.4 is 5.73 Å². The fourth-order valence-electron chi connectivity index (χ4n) is 6.85. The highest BCUT2D eigenvalue weighted by Gasteiger charge is 2.49. The number of sulfonamides is 1. The molecule has 1 aliphatic carbocycles. The van der Waals surface area contributed by atoms with E-state index in [-0.39, 0.29) is 23.2 Å². The van der Waals surface area contributed by atoms with Gasteiger partial charge in [-0.05, 0) is 50.5 Å². The first kappa shape index (κ1) is 24.6. The first-order valence-corrected chi connectivity index (χ1v) is 15.5. The van der Waals surface area contributed by atoms with E-state index in [1.165, 1.54) is 6.33 Å². The summed E-state index contributed by atoms with van der Waals surface area (Å²) in [7, 11) is -3.74.